The predicted octanol–water partition coefficient (Wildman–Crippen LogP) is 2.52. The molecule has 152 valence electrons. The number of halogens is 1. The van der Waals surface area contributed by atoms with Gasteiger partial charge < -0.3 is 14.4 Å². The van der Waals surface area contributed by atoms with Crippen molar-refractivity contribution in [1.82, 2.24) is 5.32 Å². The second-order valence-electron chi connectivity index (χ2n) is 6.51. The third-order valence-electron chi connectivity index (χ3n) is 4.61. The van der Waals surface area contributed by atoms with E-state index in [0.717, 1.165) is 5.69 Å². The van der Waals surface area contributed by atoms with Crippen molar-refractivity contribution in [2.45, 2.75) is 6.23 Å². The number of anilines is 2. The van der Waals surface area contributed by atoms with Crippen LogP contribution in [0.15, 0.2) is 36.4 Å². The van der Waals surface area contributed by atoms with Gasteiger partial charge >= 0.3 is 6.09 Å². The van der Waals surface area contributed by atoms with E-state index in [9.17, 15) is 14.4 Å². The van der Waals surface area contributed by atoms with E-state index in [0.29, 0.717) is 28.1 Å². The van der Waals surface area contributed by atoms with Crippen LogP contribution in [0.2, 0.25) is 4.34 Å². The third kappa shape index (κ3) is 4.43. The lowest BCUT2D eigenvalue weighted by Gasteiger charge is -2.27. The van der Waals surface area contributed by atoms with Crippen molar-refractivity contribution in [1.29, 1.82) is 0 Å². The van der Waals surface area contributed by atoms with Gasteiger partial charge in [0.25, 0.3) is 5.91 Å². The molecule has 0 aliphatic carbocycles. The van der Waals surface area contributed by atoms with E-state index in [1.165, 1.54) is 16.2 Å². The standard InChI is InChI=1S/C19H18ClN3O5S/c20-16-6-5-15(29-16)14(24)9-21-17-10-23(19(26)28-17)13-3-1-12(2-4-13)22-7-8-27-11-18(22)25/h1-6,17,21H,7-11H2/t17-/m1/s1. The molecular weight excluding hydrogens is 418 g/mol. The number of hydrogen-bond donors (Lipinski definition) is 1. The molecule has 1 atom stereocenters. The predicted molar refractivity (Wildman–Crippen MR) is 109 cm³/mol. The lowest BCUT2D eigenvalue weighted by atomic mass is 10.2. The fourth-order valence-electron chi connectivity index (χ4n) is 3.14. The minimum absolute atomic E-state index is 0.0424. The second-order valence-corrected chi connectivity index (χ2v) is 8.22. The van der Waals surface area contributed by atoms with Gasteiger partial charge in [-0.1, -0.05) is 11.6 Å². The Bertz CT molecular complexity index is 932. The molecule has 29 heavy (non-hydrogen) atoms. The van der Waals surface area contributed by atoms with Gasteiger partial charge in [-0.25, -0.2) is 4.79 Å². The highest BCUT2D eigenvalue weighted by Crippen LogP contribution is 2.25. The molecule has 4 rings (SSSR count). The number of amides is 2. The number of Topliss-reactive ketones (excluding diaryl/α,β-unsaturated/α-hetero) is 1. The van der Waals surface area contributed by atoms with Crippen LogP contribution in [0.3, 0.4) is 0 Å². The van der Waals surface area contributed by atoms with E-state index in [1.54, 1.807) is 41.3 Å². The first-order valence-corrected chi connectivity index (χ1v) is 10.2. The number of thiophene rings is 1. The fraction of sp³-hybridized carbons (Fsp3) is 0.316. The zero-order valence-electron chi connectivity index (χ0n) is 15.3. The number of cyclic esters (lactones) is 1. The fourth-order valence-corrected chi connectivity index (χ4v) is 4.12. The zero-order valence-corrected chi connectivity index (χ0v) is 16.9. The van der Waals surface area contributed by atoms with Gasteiger partial charge in [-0.3, -0.25) is 19.8 Å². The van der Waals surface area contributed by atoms with E-state index in [1.807, 2.05) is 0 Å². The molecule has 0 bridgehead atoms. The molecule has 0 spiro atoms. The summed E-state index contributed by atoms with van der Waals surface area (Å²) in [5.74, 6) is -0.207. The van der Waals surface area contributed by atoms with Crippen LogP contribution in [-0.2, 0) is 14.3 Å². The maximum atomic E-state index is 12.2. The van der Waals surface area contributed by atoms with Crippen LogP contribution < -0.4 is 15.1 Å². The van der Waals surface area contributed by atoms with Crippen LogP contribution in [0.25, 0.3) is 0 Å². The van der Waals surface area contributed by atoms with Crippen molar-refractivity contribution >= 4 is 52.1 Å². The molecule has 2 aliphatic rings. The summed E-state index contributed by atoms with van der Waals surface area (Å²) in [5, 5.41) is 2.95. The maximum absolute atomic E-state index is 12.2. The van der Waals surface area contributed by atoms with Gasteiger partial charge in [-0.2, -0.15) is 0 Å². The van der Waals surface area contributed by atoms with Crippen LogP contribution in [-0.4, -0.2) is 56.9 Å². The molecule has 2 aliphatic heterocycles. The number of carbonyl (C=O) groups is 3. The van der Waals surface area contributed by atoms with E-state index in [-0.39, 0.29) is 31.4 Å². The Balaban J connectivity index is 1.35. The van der Waals surface area contributed by atoms with Crippen LogP contribution in [0, 0.1) is 0 Å². The lowest BCUT2D eigenvalue weighted by Crippen LogP contribution is -2.41. The summed E-state index contributed by atoms with van der Waals surface area (Å²) in [7, 11) is 0. The highest BCUT2D eigenvalue weighted by atomic mass is 35.5. The number of carbonyl (C=O) groups excluding carboxylic acids is 3. The summed E-state index contributed by atoms with van der Waals surface area (Å²) < 4.78 is 11.0. The van der Waals surface area contributed by atoms with Gasteiger partial charge in [0.1, 0.15) is 6.61 Å². The summed E-state index contributed by atoms with van der Waals surface area (Å²) in [4.78, 5) is 40.0. The molecule has 2 aromatic rings. The number of ether oxygens (including phenoxy) is 2. The molecular formula is C19H18ClN3O5S. The van der Waals surface area contributed by atoms with Crippen molar-refractivity contribution in [3.05, 3.63) is 45.6 Å². The average molecular weight is 436 g/mol. The number of ketones is 1. The molecule has 10 heteroatoms. The Kier molecular flexibility index (Phi) is 5.81. The van der Waals surface area contributed by atoms with Gasteiger partial charge in [0, 0.05) is 17.9 Å². The monoisotopic (exact) mass is 435 g/mol. The molecule has 0 saturated carbocycles. The van der Waals surface area contributed by atoms with Gasteiger partial charge in [-0.15, -0.1) is 11.3 Å². The minimum atomic E-state index is -0.595. The Morgan fingerprint density at radius 3 is 2.52 bits per heavy atom. The molecule has 2 fully saturated rings. The number of benzene rings is 1. The van der Waals surface area contributed by atoms with Crippen LogP contribution >= 0.6 is 22.9 Å². The number of hydrogen-bond acceptors (Lipinski definition) is 7. The summed E-state index contributed by atoms with van der Waals surface area (Å²) in [6.07, 6.45) is -1.09. The number of nitrogens with one attached hydrogen (secondary N) is 1. The zero-order chi connectivity index (χ0) is 20.4. The highest BCUT2D eigenvalue weighted by molar-refractivity contribution is 7.18. The third-order valence-corrected chi connectivity index (χ3v) is 5.88. The van der Waals surface area contributed by atoms with Gasteiger partial charge in [0.15, 0.2) is 12.0 Å². The number of nitrogens with zero attached hydrogens (tertiary/aromatic N) is 2. The highest BCUT2D eigenvalue weighted by Gasteiger charge is 2.32. The first-order chi connectivity index (χ1) is 14.0. The van der Waals surface area contributed by atoms with Crippen molar-refractivity contribution in [2.75, 3.05) is 42.6 Å². The maximum Gasteiger partial charge on any atom is 0.416 e. The first kappa shape index (κ1) is 19.8. The van der Waals surface area contributed by atoms with Gasteiger partial charge in [-0.05, 0) is 36.4 Å². The smallest absolute Gasteiger partial charge is 0.416 e. The first-order valence-electron chi connectivity index (χ1n) is 8.99. The number of rotatable bonds is 6. The normalized spacial score (nSPS) is 19.6. The molecule has 2 saturated heterocycles. The summed E-state index contributed by atoms with van der Waals surface area (Å²) in [5.41, 5.74) is 1.41. The van der Waals surface area contributed by atoms with E-state index < -0.39 is 12.3 Å². The summed E-state index contributed by atoms with van der Waals surface area (Å²) in [6, 6.07) is 10.4. The van der Waals surface area contributed by atoms with Crippen molar-refractivity contribution in [3.63, 3.8) is 0 Å². The summed E-state index contributed by atoms with van der Waals surface area (Å²) >= 11 is 7.06. The molecule has 2 amide bonds. The van der Waals surface area contributed by atoms with E-state index in [2.05, 4.69) is 5.32 Å². The largest absolute Gasteiger partial charge is 0.428 e. The van der Waals surface area contributed by atoms with Crippen LogP contribution in [0.1, 0.15) is 9.67 Å². The second kappa shape index (κ2) is 8.50. The Hall–Kier alpha value is -2.46. The Labute approximate surface area is 175 Å². The molecule has 0 radical (unpaired) electrons. The lowest BCUT2D eigenvalue weighted by molar-refractivity contribution is -0.125. The summed E-state index contributed by atoms with van der Waals surface area (Å²) in [6.45, 7) is 1.38. The minimum Gasteiger partial charge on any atom is -0.428 e. The quantitative estimate of drug-likeness (QED) is 0.701. The van der Waals surface area contributed by atoms with Gasteiger partial charge in [0.05, 0.1) is 28.9 Å². The molecule has 1 N–H and O–H groups in total. The van der Waals surface area contributed by atoms with Crippen LogP contribution in [0.5, 0.6) is 0 Å². The molecule has 8 nitrogen and oxygen atoms in total. The molecule has 1 aromatic heterocycles. The van der Waals surface area contributed by atoms with E-state index >= 15 is 0 Å². The van der Waals surface area contributed by atoms with Crippen LogP contribution in [0.4, 0.5) is 16.2 Å². The number of morpholine rings is 1. The topological polar surface area (TPSA) is 88.2 Å². The Morgan fingerprint density at radius 1 is 1.14 bits per heavy atom. The molecule has 3 heterocycles. The molecule has 1 aromatic carbocycles. The average Bonchev–Trinajstić information content (AvgIpc) is 3.32. The SMILES string of the molecule is O=C(CN[C@H]1CN(c2ccc(N3CCOCC3=O)cc2)C(=O)O1)c1ccc(Cl)s1. The van der Waals surface area contributed by atoms with Crippen molar-refractivity contribution in [3.8, 4) is 0 Å². The van der Waals surface area contributed by atoms with Crippen molar-refractivity contribution in [2.24, 2.45) is 0 Å². The van der Waals surface area contributed by atoms with Crippen molar-refractivity contribution < 1.29 is 23.9 Å². The Morgan fingerprint density at radius 2 is 1.86 bits per heavy atom. The van der Waals surface area contributed by atoms with E-state index in [4.69, 9.17) is 21.1 Å². The molecule has 0 unspecified atom stereocenters. The van der Waals surface area contributed by atoms with Gasteiger partial charge in [0.2, 0.25) is 0 Å².